The first-order chi connectivity index (χ1) is 12.2. The molecular formula is C20H21N3OS. The molecule has 0 spiro atoms. The van der Waals surface area contributed by atoms with Crippen molar-refractivity contribution in [3.05, 3.63) is 57.9 Å². The largest absolute Gasteiger partial charge is 0.376 e. The summed E-state index contributed by atoms with van der Waals surface area (Å²) in [5, 5.41) is 6.53. The lowest BCUT2D eigenvalue weighted by molar-refractivity contribution is -0.130. The molecule has 1 aromatic carbocycles. The van der Waals surface area contributed by atoms with E-state index in [9.17, 15) is 4.79 Å². The van der Waals surface area contributed by atoms with Crippen LogP contribution in [0.2, 0.25) is 0 Å². The van der Waals surface area contributed by atoms with E-state index in [0.717, 1.165) is 48.2 Å². The third-order valence-corrected chi connectivity index (χ3v) is 5.74. The number of rotatable bonds is 4. The monoisotopic (exact) mass is 351 g/mol. The fourth-order valence-corrected chi connectivity index (χ4v) is 4.19. The number of amides is 1. The fourth-order valence-electron chi connectivity index (χ4n) is 3.30. The molecule has 0 saturated carbocycles. The molecule has 0 radical (unpaired) electrons. The Morgan fingerprint density at radius 2 is 2.20 bits per heavy atom. The number of hydrogen-bond acceptors (Lipinski definition) is 4. The maximum Gasteiger partial charge on any atom is 0.242 e. The topological polar surface area (TPSA) is 45.2 Å². The zero-order chi connectivity index (χ0) is 17.2. The summed E-state index contributed by atoms with van der Waals surface area (Å²) in [5.74, 6) is 0.149. The number of benzene rings is 1. The SMILES string of the molecule is CCc1cc(NCC(=O)N2CCc3sccc3C2)c2ccccc2n1. The second-order valence-electron chi connectivity index (χ2n) is 6.32. The third-order valence-electron chi connectivity index (χ3n) is 4.72. The Bertz CT molecular complexity index is 918. The van der Waals surface area contributed by atoms with Crippen molar-refractivity contribution in [2.45, 2.75) is 26.3 Å². The van der Waals surface area contributed by atoms with E-state index in [0.29, 0.717) is 6.54 Å². The Morgan fingerprint density at radius 3 is 3.08 bits per heavy atom. The number of para-hydroxylation sites is 1. The molecule has 0 bridgehead atoms. The Balaban J connectivity index is 1.50. The molecule has 3 heterocycles. The van der Waals surface area contributed by atoms with Gasteiger partial charge in [0.15, 0.2) is 0 Å². The van der Waals surface area contributed by atoms with Crippen molar-refractivity contribution < 1.29 is 4.79 Å². The standard InChI is InChI=1S/C20H21N3OS/c1-2-15-11-18(16-5-3-4-6-17(16)22-15)21-12-20(24)23-9-7-19-14(13-23)8-10-25-19/h3-6,8,10-11H,2,7,9,12-13H2,1H3,(H,21,22). The molecule has 3 aromatic rings. The van der Waals surface area contributed by atoms with Crippen LogP contribution in [-0.2, 0) is 24.2 Å². The zero-order valence-electron chi connectivity index (χ0n) is 14.3. The third kappa shape index (κ3) is 3.24. The minimum absolute atomic E-state index is 0.149. The number of hydrogen-bond donors (Lipinski definition) is 1. The summed E-state index contributed by atoms with van der Waals surface area (Å²) < 4.78 is 0. The van der Waals surface area contributed by atoms with Crippen LogP contribution < -0.4 is 5.32 Å². The van der Waals surface area contributed by atoms with E-state index in [4.69, 9.17) is 0 Å². The molecule has 0 unspecified atom stereocenters. The molecule has 0 fully saturated rings. The molecule has 1 amide bonds. The van der Waals surface area contributed by atoms with Gasteiger partial charge >= 0.3 is 0 Å². The van der Waals surface area contributed by atoms with Gasteiger partial charge in [-0.1, -0.05) is 25.1 Å². The van der Waals surface area contributed by atoms with E-state index in [1.54, 1.807) is 11.3 Å². The van der Waals surface area contributed by atoms with Gasteiger partial charge in [-0.25, -0.2) is 0 Å². The van der Waals surface area contributed by atoms with Crippen molar-refractivity contribution in [3.63, 3.8) is 0 Å². The number of pyridine rings is 1. The molecule has 0 atom stereocenters. The minimum atomic E-state index is 0.149. The highest BCUT2D eigenvalue weighted by Gasteiger charge is 2.21. The van der Waals surface area contributed by atoms with E-state index in [2.05, 4.69) is 34.7 Å². The van der Waals surface area contributed by atoms with Crippen LogP contribution in [0.3, 0.4) is 0 Å². The fraction of sp³-hybridized carbons (Fsp3) is 0.300. The van der Waals surface area contributed by atoms with E-state index >= 15 is 0 Å². The lowest BCUT2D eigenvalue weighted by atomic mass is 10.1. The second-order valence-corrected chi connectivity index (χ2v) is 7.32. The van der Waals surface area contributed by atoms with Crippen molar-refractivity contribution in [2.75, 3.05) is 18.4 Å². The van der Waals surface area contributed by atoms with Crippen LogP contribution in [0, 0.1) is 0 Å². The van der Waals surface area contributed by atoms with Gasteiger partial charge in [0.2, 0.25) is 5.91 Å². The van der Waals surface area contributed by atoms with Crippen LogP contribution in [0.5, 0.6) is 0 Å². The Hall–Kier alpha value is -2.40. The van der Waals surface area contributed by atoms with Gasteiger partial charge in [-0.05, 0) is 42.0 Å². The number of anilines is 1. The van der Waals surface area contributed by atoms with Crippen LogP contribution in [0.25, 0.3) is 10.9 Å². The van der Waals surface area contributed by atoms with Gasteiger partial charge in [0.1, 0.15) is 0 Å². The highest BCUT2D eigenvalue weighted by Crippen LogP contribution is 2.25. The first kappa shape index (κ1) is 16.1. The summed E-state index contributed by atoms with van der Waals surface area (Å²) in [5.41, 5.74) is 4.29. The van der Waals surface area contributed by atoms with Crippen LogP contribution in [-0.4, -0.2) is 28.9 Å². The number of thiophene rings is 1. The molecule has 5 heteroatoms. The van der Waals surface area contributed by atoms with Crippen LogP contribution in [0.4, 0.5) is 5.69 Å². The highest BCUT2D eigenvalue weighted by molar-refractivity contribution is 7.10. The summed E-state index contributed by atoms with van der Waals surface area (Å²) in [7, 11) is 0. The number of nitrogens with zero attached hydrogens (tertiary/aromatic N) is 2. The summed E-state index contributed by atoms with van der Waals surface area (Å²) >= 11 is 1.79. The van der Waals surface area contributed by atoms with Gasteiger partial charge < -0.3 is 10.2 Å². The smallest absolute Gasteiger partial charge is 0.242 e. The average Bonchev–Trinajstić information content (AvgIpc) is 3.13. The van der Waals surface area contributed by atoms with Crippen molar-refractivity contribution in [3.8, 4) is 0 Å². The Labute approximate surface area is 151 Å². The molecular weight excluding hydrogens is 330 g/mol. The van der Waals surface area contributed by atoms with Crippen molar-refractivity contribution in [1.29, 1.82) is 0 Å². The van der Waals surface area contributed by atoms with Crippen molar-refractivity contribution in [2.24, 2.45) is 0 Å². The number of carbonyl (C=O) groups is 1. The zero-order valence-corrected chi connectivity index (χ0v) is 15.1. The normalized spacial score (nSPS) is 13.7. The molecule has 0 saturated heterocycles. The number of aryl methyl sites for hydroxylation is 1. The van der Waals surface area contributed by atoms with Gasteiger partial charge in [0, 0.05) is 34.7 Å². The highest BCUT2D eigenvalue weighted by atomic mass is 32.1. The van der Waals surface area contributed by atoms with Gasteiger partial charge in [-0.15, -0.1) is 11.3 Å². The van der Waals surface area contributed by atoms with Crippen LogP contribution in [0.1, 0.15) is 23.1 Å². The lowest BCUT2D eigenvalue weighted by Crippen LogP contribution is -2.38. The van der Waals surface area contributed by atoms with Gasteiger partial charge in [0.05, 0.1) is 12.1 Å². The Morgan fingerprint density at radius 1 is 1.32 bits per heavy atom. The van der Waals surface area contributed by atoms with Gasteiger partial charge in [-0.2, -0.15) is 0 Å². The van der Waals surface area contributed by atoms with Gasteiger partial charge in [0.25, 0.3) is 0 Å². The Kier molecular flexibility index (Phi) is 4.40. The molecule has 4 rings (SSSR count). The predicted molar refractivity (Wildman–Crippen MR) is 103 cm³/mol. The lowest BCUT2D eigenvalue weighted by Gasteiger charge is -2.27. The van der Waals surface area contributed by atoms with Crippen molar-refractivity contribution in [1.82, 2.24) is 9.88 Å². The van der Waals surface area contributed by atoms with E-state index in [1.165, 1.54) is 10.4 Å². The number of aromatic nitrogens is 1. The number of fused-ring (bicyclic) bond motifs is 2. The molecule has 25 heavy (non-hydrogen) atoms. The summed E-state index contributed by atoms with van der Waals surface area (Å²) in [6.07, 6.45) is 1.84. The number of carbonyl (C=O) groups excluding carboxylic acids is 1. The van der Waals surface area contributed by atoms with E-state index in [1.807, 2.05) is 29.2 Å². The minimum Gasteiger partial charge on any atom is -0.376 e. The molecule has 0 aliphatic carbocycles. The quantitative estimate of drug-likeness (QED) is 0.776. The molecule has 2 aromatic heterocycles. The molecule has 4 nitrogen and oxygen atoms in total. The molecule has 128 valence electrons. The average molecular weight is 351 g/mol. The van der Waals surface area contributed by atoms with Crippen molar-refractivity contribution >= 4 is 33.8 Å². The summed E-state index contributed by atoms with van der Waals surface area (Å²) in [6.45, 7) is 3.96. The molecule has 1 N–H and O–H groups in total. The molecule has 1 aliphatic heterocycles. The summed E-state index contributed by atoms with van der Waals surface area (Å²) in [6, 6.07) is 12.3. The van der Waals surface area contributed by atoms with E-state index in [-0.39, 0.29) is 5.91 Å². The summed E-state index contributed by atoms with van der Waals surface area (Å²) in [4.78, 5) is 20.7. The number of nitrogens with one attached hydrogen (secondary N) is 1. The maximum absolute atomic E-state index is 12.6. The first-order valence-electron chi connectivity index (χ1n) is 8.70. The molecule has 1 aliphatic rings. The van der Waals surface area contributed by atoms with Gasteiger partial charge in [-0.3, -0.25) is 9.78 Å². The first-order valence-corrected chi connectivity index (χ1v) is 9.58. The maximum atomic E-state index is 12.6. The second kappa shape index (κ2) is 6.84. The van der Waals surface area contributed by atoms with Crippen LogP contribution >= 0.6 is 11.3 Å². The van der Waals surface area contributed by atoms with E-state index < -0.39 is 0 Å². The van der Waals surface area contributed by atoms with Crippen LogP contribution in [0.15, 0.2) is 41.8 Å². The predicted octanol–water partition coefficient (Wildman–Crippen LogP) is 3.86.